The molecule has 6 nitrogen and oxygen atoms in total. The van der Waals surface area contributed by atoms with Crippen molar-refractivity contribution < 1.29 is 14.4 Å². The molecular formula is C20H23N3O3. The third-order valence-corrected chi connectivity index (χ3v) is 3.85. The van der Waals surface area contributed by atoms with Crippen LogP contribution in [0.25, 0.3) is 0 Å². The molecule has 0 saturated carbocycles. The van der Waals surface area contributed by atoms with Crippen LogP contribution in [0.15, 0.2) is 54.6 Å². The number of aryl methyl sites for hydroxylation is 1. The minimum absolute atomic E-state index is 0.155. The van der Waals surface area contributed by atoms with Crippen LogP contribution in [0.3, 0.4) is 0 Å². The van der Waals surface area contributed by atoms with Crippen LogP contribution in [-0.2, 0) is 4.79 Å². The molecule has 0 spiro atoms. The molecule has 2 rings (SSSR count). The zero-order chi connectivity index (χ0) is 19.1. The van der Waals surface area contributed by atoms with Gasteiger partial charge in [0, 0.05) is 11.1 Å². The first kappa shape index (κ1) is 19.2. The molecular weight excluding hydrogens is 330 g/mol. The third-order valence-electron chi connectivity index (χ3n) is 3.85. The van der Waals surface area contributed by atoms with E-state index in [0.717, 1.165) is 5.56 Å². The Labute approximate surface area is 153 Å². The molecule has 0 heterocycles. The zero-order valence-corrected chi connectivity index (χ0v) is 15.1. The smallest absolute Gasteiger partial charge is 0.269 e. The van der Waals surface area contributed by atoms with E-state index in [-0.39, 0.29) is 11.8 Å². The van der Waals surface area contributed by atoms with Crippen LogP contribution in [0.1, 0.15) is 40.1 Å². The molecule has 1 atom stereocenters. The lowest BCUT2D eigenvalue weighted by atomic mass is 10.0. The highest BCUT2D eigenvalue weighted by Crippen LogP contribution is 2.07. The number of amides is 3. The largest absolute Gasteiger partial charge is 0.340 e. The van der Waals surface area contributed by atoms with E-state index in [1.165, 1.54) is 0 Å². The summed E-state index contributed by atoms with van der Waals surface area (Å²) in [6.45, 7) is 5.53. The maximum atomic E-state index is 12.4. The van der Waals surface area contributed by atoms with E-state index in [1.54, 1.807) is 48.5 Å². The number of rotatable bonds is 5. The van der Waals surface area contributed by atoms with Crippen LogP contribution in [0.2, 0.25) is 0 Å². The first-order chi connectivity index (χ1) is 12.4. The van der Waals surface area contributed by atoms with Crippen molar-refractivity contribution in [1.82, 2.24) is 16.2 Å². The van der Waals surface area contributed by atoms with Gasteiger partial charge >= 0.3 is 0 Å². The zero-order valence-electron chi connectivity index (χ0n) is 15.1. The highest BCUT2D eigenvalue weighted by atomic mass is 16.2. The lowest BCUT2D eigenvalue weighted by Crippen LogP contribution is -2.54. The highest BCUT2D eigenvalue weighted by Gasteiger charge is 2.25. The van der Waals surface area contributed by atoms with Crippen LogP contribution in [0, 0.1) is 12.8 Å². The molecule has 2 aromatic rings. The van der Waals surface area contributed by atoms with Crippen LogP contribution >= 0.6 is 0 Å². The second kappa shape index (κ2) is 8.80. The summed E-state index contributed by atoms with van der Waals surface area (Å²) in [5, 5.41) is 2.72. The summed E-state index contributed by atoms with van der Waals surface area (Å²) < 4.78 is 0. The molecule has 0 radical (unpaired) electrons. The predicted octanol–water partition coefficient (Wildman–Crippen LogP) is 2.21. The lowest BCUT2D eigenvalue weighted by Gasteiger charge is -2.22. The molecule has 0 aliphatic rings. The number of nitrogens with one attached hydrogen (secondary N) is 3. The minimum atomic E-state index is -0.779. The first-order valence-electron chi connectivity index (χ1n) is 8.41. The van der Waals surface area contributed by atoms with Gasteiger partial charge in [0.1, 0.15) is 6.04 Å². The molecule has 6 heteroatoms. The Morgan fingerprint density at radius 3 is 2.08 bits per heavy atom. The van der Waals surface area contributed by atoms with Gasteiger partial charge in [-0.3, -0.25) is 25.2 Å². The van der Waals surface area contributed by atoms with Crippen molar-refractivity contribution >= 4 is 17.7 Å². The van der Waals surface area contributed by atoms with E-state index in [1.807, 2.05) is 26.8 Å². The number of hydrogen-bond donors (Lipinski definition) is 3. The van der Waals surface area contributed by atoms with Crippen LogP contribution in [-0.4, -0.2) is 23.8 Å². The van der Waals surface area contributed by atoms with Gasteiger partial charge in [-0.25, -0.2) is 0 Å². The van der Waals surface area contributed by atoms with Gasteiger partial charge in [-0.15, -0.1) is 0 Å². The normalized spacial score (nSPS) is 11.5. The summed E-state index contributed by atoms with van der Waals surface area (Å²) in [5.74, 6) is -1.40. The molecule has 0 fully saturated rings. The predicted molar refractivity (Wildman–Crippen MR) is 99.3 cm³/mol. The van der Waals surface area contributed by atoms with E-state index in [2.05, 4.69) is 16.2 Å². The molecule has 136 valence electrons. The number of benzene rings is 2. The second-order valence-electron chi connectivity index (χ2n) is 6.37. The molecule has 3 N–H and O–H groups in total. The van der Waals surface area contributed by atoms with E-state index in [9.17, 15) is 14.4 Å². The number of carbonyl (C=O) groups is 3. The Morgan fingerprint density at radius 2 is 1.46 bits per heavy atom. The van der Waals surface area contributed by atoms with Crippen LogP contribution in [0.4, 0.5) is 0 Å². The Kier molecular flexibility index (Phi) is 6.49. The minimum Gasteiger partial charge on any atom is -0.340 e. The second-order valence-corrected chi connectivity index (χ2v) is 6.37. The standard InChI is InChI=1S/C20H23N3O3/c1-13(2)17(21-18(24)16-11-7-8-14(3)12-16)20(26)23-22-19(25)15-9-5-4-6-10-15/h4-13,17H,1-3H3,(H,21,24)(H,22,25)(H,23,26)/t17-/m1/s1. The van der Waals surface area contributed by atoms with Crippen molar-refractivity contribution in [3.8, 4) is 0 Å². The van der Waals surface area contributed by atoms with Gasteiger partial charge in [0.2, 0.25) is 0 Å². The topological polar surface area (TPSA) is 87.3 Å². The van der Waals surface area contributed by atoms with Gasteiger partial charge < -0.3 is 5.32 Å². The average molecular weight is 353 g/mol. The van der Waals surface area contributed by atoms with Crippen LogP contribution in [0.5, 0.6) is 0 Å². The Bertz CT molecular complexity index is 788. The van der Waals surface area contributed by atoms with E-state index in [0.29, 0.717) is 11.1 Å². The van der Waals surface area contributed by atoms with Gasteiger partial charge in [0.25, 0.3) is 17.7 Å². The summed E-state index contributed by atoms with van der Waals surface area (Å²) in [7, 11) is 0. The van der Waals surface area contributed by atoms with Crippen LogP contribution < -0.4 is 16.2 Å². The maximum Gasteiger partial charge on any atom is 0.269 e. The summed E-state index contributed by atoms with van der Waals surface area (Å²) in [4.78, 5) is 36.8. The summed E-state index contributed by atoms with van der Waals surface area (Å²) >= 11 is 0. The molecule has 3 amide bonds. The fraction of sp³-hybridized carbons (Fsp3) is 0.250. The summed E-state index contributed by atoms with van der Waals surface area (Å²) in [5.41, 5.74) is 6.61. The van der Waals surface area contributed by atoms with Gasteiger partial charge in [0.15, 0.2) is 0 Å². The molecule has 0 bridgehead atoms. The molecule has 0 saturated heterocycles. The maximum absolute atomic E-state index is 12.4. The van der Waals surface area contributed by atoms with Crippen molar-refractivity contribution in [3.05, 3.63) is 71.3 Å². The van der Waals surface area contributed by atoms with Gasteiger partial charge in [0.05, 0.1) is 0 Å². The monoisotopic (exact) mass is 353 g/mol. The Morgan fingerprint density at radius 1 is 0.808 bits per heavy atom. The van der Waals surface area contributed by atoms with Crippen molar-refractivity contribution in [2.24, 2.45) is 5.92 Å². The number of hydrazine groups is 1. The van der Waals surface area contributed by atoms with Crippen molar-refractivity contribution in [2.45, 2.75) is 26.8 Å². The fourth-order valence-corrected chi connectivity index (χ4v) is 2.40. The number of carbonyl (C=O) groups excluding carboxylic acids is 3. The third kappa shape index (κ3) is 5.17. The van der Waals surface area contributed by atoms with E-state index < -0.39 is 17.9 Å². The number of hydrogen-bond acceptors (Lipinski definition) is 3. The molecule has 0 aliphatic carbocycles. The SMILES string of the molecule is Cc1cccc(C(=O)N[C@@H](C(=O)NNC(=O)c2ccccc2)C(C)C)c1. The lowest BCUT2D eigenvalue weighted by molar-refractivity contribution is -0.124. The molecule has 26 heavy (non-hydrogen) atoms. The molecule has 2 aromatic carbocycles. The Hall–Kier alpha value is -3.15. The molecule has 0 aliphatic heterocycles. The first-order valence-corrected chi connectivity index (χ1v) is 8.41. The van der Waals surface area contributed by atoms with Gasteiger partial charge in [-0.2, -0.15) is 0 Å². The quantitative estimate of drug-likeness (QED) is 0.720. The van der Waals surface area contributed by atoms with Crippen molar-refractivity contribution in [2.75, 3.05) is 0 Å². The van der Waals surface area contributed by atoms with Gasteiger partial charge in [-0.1, -0.05) is 49.7 Å². The Balaban J connectivity index is 1.99. The van der Waals surface area contributed by atoms with Gasteiger partial charge in [-0.05, 0) is 37.1 Å². The average Bonchev–Trinajstić information content (AvgIpc) is 2.64. The van der Waals surface area contributed by atoms with Crippen molar-refractivity contribution in [3.63, 3.8) is 0 Å². The molecule has 0 unspecified atom stereocenters. The fourth-order valence-electron chi connectivity index (χ4n) is 2.40. The summed E-state index contributed by atoms with van der Waals surface area (Å²) in [6, 6.07) is 14.9. The summed E-state index contributed by atoms with van der Waals surface area (Å²) in [6.07, 6.45) is 0. The van der Waals surface area contributed by atoms with E-state index in [4.69, 9.17) is 0 Å². The van der Waals surface area contributed by atoms with Crippen molar-refractivity contribution in [1.29, 1.82) is 0 Å². The van der Waals surface area contributed by atoms with E-state index >= 15 is 0 Å². The highest BCUT2D eigenvalue weighted by molar-refractivity contribution is 5.99. The molecule has 0 aromatic heterocycles.